The van der Waals surface area contributed by atoms with E-state index in [4.69, 9.17) is 4.99 Å². The van der Waals surface area contributed by atoms with E-state index in [9.17, 15) is 14.0 Å². The second kappa shape index (κ2) is 12.2. The smallest absolute Gasteiger partial charge is 0.275 e. The lowest BCUT2D eigenvalue weighted by molar-refractivity contribution is -0.134. The van der Waals surface area contributed by atoms with Crippen molar-refractivity contribution in [3.63, 3.8) is 0 Å². The van der Waals surface area contributed by atoms with E-state index in [2.05, 4.69) is 67.5 Å². The highest BCUT2D eigenvalue weighted by Crippen LogP contribution is 2.50. The normalized spacial score (nSPS) is 21.4. The Labute approximate surface area is 259 Å². The van der Waals surface area contributed by atoms with Gasteiger partial charge in [0.2, 0.25) is 0 Å². The van der Waals surface area contributed by atoms with Gasteiger partial charge in [-0.2, -0.15) is 5.21 Å². The highest BCUT2D eigenvalue weighted by Gasteiger charge is 2.52. The number of halogens is 1. The fourth-order valence-electron chi connectivity index (χ4n) is 6.56. The molecule has 0 bridgehead atoms. The molecule has 2 amide bonds. The zero-order valence-corrected chi connectivity index (χ0v) is 26.7. The fourth-order valence-corrected chi connectivity index (χ4v) is 6.56. The number of nitrogens with one attached hydrogen (secondary N) is 2. The number of amides is 2. The molecule has 1 aromatic heterocycles. The van der Waals surface area contributed by atoms with Crippen LogP contribution < -0.4 is 5.32 Å². The van der Waals surface area contributed by atoms with Gasteiger partial charge >= 0.3 is 0 Å². The number of aliphatic imine (C=N–C) groups is 1. The van der Waals surface area contributed by atoms with Crippen molar-refractivity contribution in [2.24, 2.45) is 21.7 Å². The van der Waals surface area contributed by atoms with Gasteiger partial charge in [0.25, 0.3) is 11.8 Å². The van der Waals surface area contributed by atoms with Crippen molar-refractivity contribution in [3.05, 3.63) is 76.9 Å². The predicted molar refractivity (Wildman–Crippen MR) is 167 cm³/mol. The number of hydrogen-bond donors (Lipinski definition) is 2. The summed E-state index contributed by atoms with van der Waals surface area (Å²) >= 11 is 0. The Morgan fingerprint density at radius 2 is 1.80 bits per heavy atom. The van der Waals surface area contributed by atoms with Gasteiger partial charge in [-0.3, -0.25) is 14.6 Å². The molecule has 1 unspecified atom stereocenters. The molecule has 1 saturated carbocycles. The maximum Gasteiger partial charge on any atom is 0.275 e. The van der Waals surface area contributed by atoms with Crippen LogP contribution in [0, 0.1) is 22.6 Å². The summed E-state index contributed by atoms with van der Waals surface area (Å²) in [5.74, 6) is 0.116. The second-order valence-corrected chi connectivity index (χ2v) is 14.5. The van der Waals surface area contributed by atoms with Crippen LogP contribution in [-0.4, -0.2) is 48.7 Å². The van der Waals surface area contributed by atoms with Crippen molar-refractivity contribution in [2.75, 3.05) is 0 Å². The molecule has 9 nitrogen and oxygen atoms in total. The summed E-state index contributed by atoms with van der Waals surface area (Å²) in [6.07, 6.45) is 5.03. The maximum atomic E-state index is 14.5. The van der Waals surface area contributed by atoms with Crippen molar-refractivity contribution in [1.82, 2.24) is 30.8 Å². The molecule has 1 atom stereocenters. The van der Waals surface area contributed by atoms with E-state index in [1.807, 2.05) is 17.0 Å². The molecule has 2 N–H and O–H groups in total. The summed E-state index contributed by atoms with van der Waals surface area (Å²) in [6, 6.07) is 13.4. The van der Waals surface area contributed by atoms with Gasteiger partial charge in [0, 0.05) is 11.1 Å². The number of benzene rings is 2. The van der Waals surface area contributed by atoms with Gasteiger partial charge in [-0.1, -0.05) is 71.0 Å². The first-order chi connectivity index (χ1) is 20.8. The van der Waals surface area contributed by atoms with Gasteiger partial charge in [0.1, 0.15) is 17.2 Å². The topological polar surface area (TPSA) is 116 Å². The van der Waals surface area contributed by atoms with E-state index in [1.165, 1.54) is 12.1 Å². The molecular weight excluding hydrogens is 557 g/mol. The quantitative estimate of drug-likeness (QED) is 0.310. The minimum atomic E-state index is -0.705. The molecule has 10 heteroatoms. The molecule has 2 aliphatic rings. The van der Waals surface area contributed by atoms with Crippen molar-refractivity contribution in [1.29, 1.82) is 0 Å². The van der Waals surface area contributed by atoms with Crippen molar-refractivity contribution in [3.8, 4) is 0 Å². The lowest BCUT2D eigenvalue weighted by Gasteiger charge is -2.47. The average molecular weight is 602 g/mol. The van der Waals surface area contributed by atoms with Gasteiger partial charge in [-0.25, -0.2) is 4.39 Å². The van der Waals surface area contributed by atoms with Crippen LogP contribution in [0.2, 0.25) is 0 Å². The Morgan fingerprint density at radius 3 is 2.39 bits per heavy atom. The number of aromatic nitrogens is 4. The molecule has 3 aromatic rings. The molecule has 1 fully saturated rings. The monoisotopic (exact) mass is 601 g/mol. The number of tetrazole rings is 1. The Kier molecular flexibility index (Phi) is 8.73. The van der Waals surface area contributed by atoms with E-state index >= 15 is 0 Å². The van der Waals surface area contributed by atoms with Crippen molar-refractivity contribution >= 4 is 17.5 Å². The summed E-state index contributed by atoms with van der Waals surface area (Å²) in [6.45, 7) is 13.6. The third-order valence-corrected chi connectivity index (χ3v) is 9.13. The zero-order valence-electron chi connectivity index (χ0n) is 26.7. The maximum absolute atomic E-state index is 14.5. The number of nitrogens with zero attached hydrogens (tertiary/aromatic N) is 5. The van der Waals surface area contributed by atoms with Crippen LogP contribution in [0.15, 0.2) is 53.5 Å². The van der Waals surface area contributed by atoms with Crippen LogP contribution in [0.3, 0.4) is 0 Å². The molecule has 5 rings (SSSR count). The average Bonchev–Trinajstić information content (AvgIpc) is 3.58. The molecule has 1 aliphatic carbocycles. The Bertz CT molecular complexity index is 1500. The number of carbonyl (C=O) groups excluding carboxylic acids is 2. The lowest BCUT2D eigenvalue weighted by Crippen LogP contribution is -2.51. The van der Waals surface area contributed by atoms with Crippen LogP contribution in [0.5, 0.6) is 0 Å². The molecule has 0 saturated heterocycles. The van der Waals surface area contributed by atoms with Gasteiger partial charge in [-0.15, -0.1) is 10.2 Å². The van der Waals surface area contributed by atoms with Gasteiger partial charge in [0.15, 0.2) is 5.82 Å². The molecule has 44 heavy (non-hydrogen) atoms. The summed E-state index contributed by atoms with van der Waals surface area (Å²) in [7, 11) is 0. The molecular formula is C34H44FN7O2. The minimum absolute atomic E-state index is 0.0410. The first-order valence-corrected chi connectivity index (χ1v) is 15.6. The lowest BCUT2D eigenvalue weighted by atomic mass is 9.69. The van der Waals surface area contributed by atoms with E-state index in [0.717, 1.165) is 44.1 Å². The van der Waals surface area contributed by atoms with Crippen LogP contribution in [0.4, 0.5) is 4.39 Å². The predicted octanol–water partition coefficient (Wildman–Crippen LogP) is 6.40. The van der Waals surface area contributed by atoms with Crippen LogP contribution >= 0.6 is 0 Å². The number of H-pyrrole nitrogens is 1. The number of aromatic amines is 1. The molecule has 1 aliphatic heterocycles. The first-order valence-electron chi connectivity index (χ1n) is 15.6. The number of rotatable bonds is 8. The van der Waals surface area contributed by atoms with Gasteiger partial charge in [-0.05, 0) is 85.1 Å². The Balaban J connectivity index is 1.49. The van der Waals surface area contributed by atoms with Crippen LogP contribution in [0.25, 0.3) is 0 Å². The van der Waals surface area contributed by atoms with Crippen LogP contribution in [-0.2, 0) is 11.3 Å². The molecule has 0 radical (unpaired) electrons. The molecule has 2 aromatic carbocycles. The third-order valence-electron chi connectivity index (χ3n) is 9.13. The first kappa shape index (κ1) is 31.5. The largest absolute Gasteiger partial charge is 0.345 e. The third kappa shape index (κ3) is 6.89. The summed E-state index contributed by atoms with van der Waals surface area (Å²) in [4.78, 5) is 34.5. The molecule has 234 valence electrons. The number of hydrogen-bond acceptors (Lipinski definition) is 6. The van der Waals surface area contributed by atoms with E-state index < -0.39 is 5.66 Å². The number of carbonyl (C=O) groups is 2. The van der Waals surface area contributed by atoms with Gasteiger partial charge in [0.05, 0.1) is 12.6 Å². The summed E-state index contributed by atoms with van der Waals surface area (Å²) < 4.78 is 14.4. The van der Waals surface area contributed by atoms with E-state index in [1.54, 1.807) is 24.3 Å². The SMILES string of the molecule is CC(C)(C)CCC(c1ccc(C(=O)NCc2nn[nH]n2)cc1)N1C(=O)C(c2cccc(F)c2)=NC12CCC(C(C)(C)C)CC2. The second-order valence-electron chi connectivity index (χ2n) is 14.5. The Hall–Kier alpha value is -3.95. The fraction of sp³-hybridized carbons (Fsp3) is 0.529. The minimum Gasteiger partial charge on any atom is -0.345 e. The highest BCUT2D eigenvalue weighted by molar-refractivity contribution is 6.46. The van der Waals surface area contributed by atoms with Gasteiger partial charge < -0.3 is 10.2 Å². The summed E-state index contributed by atoms with van der Waals surface area (Å²) in [5, 5.41) is 16.4. The molecule has 2 heterocycles. The molecule has 1 spiro atoms. The van der Waals surface area contributed by atoms with E-state index in [0.29, 0.717) is 28.6 Å². The van der Waals surface area contributed by atoms with E-state index in [-0.39, 0.29) is 41.0 Å². The van der Waals surface area contributed by atoms with Crippen molar-refractivity contribution in [2.45, 2.75) is 98.3 Å². The summed E-state index contributed by atoms with van der Waals surface area (Å²) in [5.41, 5.74) is 1.79. The van der Waals surface area contributed by atoms with Crippen molar-refractivity contribution < 1.29 is 14.0 Å². The standard InChI is InChI=1S/C34H44FN7O2/c1-32(2,3)17-16-27(22-10-12-23(13-11-22)30(43)36-21-28-38-40-41-39-28)42-31(44)29(24-8-7-9-26(35)20-24)37-34(42)18-14-25(15-19-34)33(4,5)6/h7-13,20,25,27H,14-19,21H2,1-6H3,(H,36,43)(H,38,39,40,41). The zero-order chi connectivity index (χ0) is 31.7. The highest BCUT2D eigenvalue weighted by atomic mass is 19.1. The van der Waals surface area contributed by atoms with Crippen LogP contribution in [0.1, 0.15) is 113 Å². The Morgan fingerprint density at radius 1 is 1.09 bits per heavy atom.